The summed E-state index contributed by atoms with van der Waals surface area (Å²) in [7, 11) is 0. The second kappa shape index (κ2) is 7.80. The molecule has 0 atom stereocenters. The maximum atomic E-state index is 2.59. The van der Waals surface area contributed by atoms with E-state index in [1.54, 1.807) is 22.3 Å². The zero-order valence-corrected chi connectivity index (χ0v) is 19.9. The van der Waals surface area contributed by atoms with Gasteiger partial charge in [0.15, 0.2) is 0 Å². The molecule has 0 amide bonds. The lowest BCUT2D eigenvalue weighted by Gasteiger charge is -2.27. The van der Waals surface area contributed by atoms with E-state index in [-0.39, 0.29) is 0 Å². The summed E-state index contributed by atoms with van der Waals surface area (Å²) in [6.45, 7) is 7.19. The molecule has 0 nitrogen and oxygen atoms in total. The van der Waals surface area contributed by atoms with Crippen LogP contribution in [0, 0.1) is 20.8 Å². The van der Waals surface area contributed by atoms with Crippen LogP contribution in [0.2, 0.25) is 0 Å². The summed E-state index contributed by atoms with van der Waals surface area (Å²) in [5, 5.41) is 0. The highest BCUT2D eigenvalue weighted by Crippen LogP contribution is 2.27. The predicted molar refractivity (Wildman–Crippen MR) is 140 cm³/mol. The van der Waals surface area contributed by atoms with Gasteiger partial charge in [0.1, 0.15) is 0 Å². The number of aryl methyl sites for hydroxylation is 7. The zero-order chi connectivity index (χ0) is 21.8. The van der Waals surface area contributed by atoms with Gasteiger partial charge in [-0.05, 0) is 106 Å². The van der Waals surface area contributed by atoms with Crippen LogP contribution in [0.1, 0.15) is 75.8 Å². The Bertz CT molecular complexity index is 1170. The Morgan fingerprint density at radius 1 is 0.531 bits per heavy atom. The third-order valence-electron chi connectivity index (χ3n) is 8.19. The summed E-state index contributed by atoms with van der Waals surface area (Å²) in [6.07, 6.45) is 15.1. The first-order valence-electron chi connectivity index (χ1n) is 12.7. The third-order valence-corrected chi connectivity index (χ3v) is 8.19. The summed E-state index contributed by atoms with van der Waals surface area (Å²) < 4.78 is 0. The molecule has 1 heterocycles. The van der Waals surface area contributed by atoms with Crippen molar-refractivity contribution in [1.29, 1.82) is 0 Å². The monoisotopic (exact) mass is 416 g/mol. The summed E-state index contributed by atoms with van der Waals surface area (Å²) in [4.78, 5) is 0. The third kappa shape index (κ3) is 3.29. The van der Waals surface area contributed by atoms with Crippen LogP contribution in [0.4, 0.5) is 0 Å². The normalized spacial score (nSPS) is 16.7. The second-order valence-electron chi connectivity index (χ2n) is 10.5. The minimum Gasteiger partial charge on any atom is -0.0629 e. The highest BCUT2D eigenvalue weighted by Gasteiger charge is 2.32. The maximum Gasteiger partial charge on any atom is 0.243 e. The van der Waals surface area contributed by atoms with E-state index in [2.05, 4.69) is 69.3 Å². The fourth-order valence-corrected chi connectivity index (χ4v) is 6.74. The van der Waals surface area contributed by atoms with Crippen molar-refractivity contribution in [2.45, 2.75) is 72.1 Å². The van der Waals surface area contributed by atoms with E-state index in [9.17, 15) is 0 Å². The smallest absolute Gasteiger partial charge is 0.0629 e. The molecule has 3 aliphatic rings. The van der Waals surface area contributed by atoms with E-state index in [0.717, 1.165) is 0 Å². The quantitative estimate of drug-likeness (QED) is 0.366. The van der Waals surface area contributed by atoms with E-state index < -0.39 is 0 Å². The molecule has 1 heteroatoms. The van der Waals surface area contributed by atoms with Crippen LogP contribution in [0.5, 0.6) is 0 Å². The van der Waals surface area contributed by atoms with Gasteiger partial charge in [-0.25, -0.2) is 0 Å². The van der Waals surface area contributed by atoms with E-state index >= 15 is 0 Å². The summed E-state index contributed by atoms with van der Waals surface area (Å²) in [6, 6.07) is 15.0. The first-order chi connectivity index (χ1) is 15.6. The number of benzene rings is 3. The van der Waals surface area contributed by atoms with E-state index in [4.69, 9.17) is 0 Å². The van der Waals surface area contributed by atoms with E-state index in [1.165, 1.54) is 95.6 Å². The van der Waals surface area contributed by atoms with Crippen LogP contribution >= 0.6 is 0 Å². The Morgan fingerprint density at radius 3 is 1.38 bits per heavy atom. The molecule has 0 radical (unpaired) electrons. The maximum absolute atomic E-state index is 2.59. The Balaban J connectivity index is 1.65. The molecule has 0 bridgehead atoms. The number of rotatable bonds is 1. The fourth-order valence-electron chi connectivity index (χ4n) is 6.74. The molecule has 6 rings (SSSR count). The zero-order valence-electron chi connectivity index (χ0n) is 19.9. The molecule has 3 aromatic carbocycles. The Hall–Kier alpha value is -2.54. The van der Waals surface area contributed by atoms with Gasteiger partial charge in [0.25, 0.3) is 0 Å². The number of hydrogen-bond donors (Lipinski definition) is 0. The number of hydrogen-bond acceptors (Lipinski definition) is 0. The molecule has 0 unspecified atom stereocenters. The largest absolute Gasteiger partial charge is 0.243 e. The van der Waals surface area contributed by atoms with Crippen LogP contribution in [0.25, 0.3) is 12.2 Å². The molecule has 1 aliphatic heterocycles. The van der Waals surface area contributed by atoms with Crippen molar-refractivity contribution in [3.63, 3.8) is 0 Å². The molecular formula is C31H33B. The van der Waals surface area contributed by atoms with Crippen LogP contribution in [-0.2, 0) is 25.7 Å². The minimum absolute atomic E-state index is 0.315. The first kappa shape index (κ1) is 20.1. The Labute approximate surface area is 193 Å². The molecule has 0 saturated carbocycles. The molecule has 32 heavy (non-hydrogen) atoms. The topological polar surface area (TPSA) is 0 Å². The van der Waals surface area contributed by atoms with Gasteiger partial charge < -0.3 is 0 Å². The van der Waals surface area contributed by atoms with Gasteiger partial charge >= 0.3 is 0 Å². The minimum atomic E-state index is 0.315. The predicted octanol–water partition coefficient (Wildman–Crippen LogP) is 5.37. The van der Waals surface area contributed by atoms with Gasteiger partial charge in [0.05, 0.1) is 0 Å². The van der Waals surface area contributed by atoms with Crippen molar-refractivity contribution in [1.82, 2.24) is 0 Å². The van der Waals surface area contributed by atoms with Crippen molar-refractivity contribution in [3.05, 3.63) is 86.5 Å². The Morgan fingerprint density at radius 2 is 0.938 bits per heavy atom. The molecule has 3 aromatic rings. The highest BCUT2D eigenvalue weighted by molar-refractivity contribution is 6.97. The van der Waals surface area contributed by atoms with E-state index in [1.807, 2.05) is 0 Å². The van der Waals surface area contributed by atoms with Crippen LogP contribution in [0.3, 0.4) is 0 Å². The summed E-state index contributed by atoms with van der Waals surface area (Å²) in [5.41, 5.74) is 18.0. The fraction of sp³-hybridized carbons (Fsp3) is 0.355. The highest BCUT2D eigenvalue weighted by atomic mass is 14.2. The molecular weight excluding hydrogens is 383 g/mol. The van der Waals surface area contributed by atoms with Gasteiger partial charge in [-0.2, -0.15) is 0 Å². The number of fused-ring (bicyclic) bond motifs is 4. The van der Waals surface area contributed by atoms with Gasteiger partial charge in [-0.1, -0.05) is 81.6 Å². The second-order valence-corrected chi connectivity index (χ2v) is 10.5. The molecule has 0 spiro atoms. The van der Waals surface area contributed by atoms with Crippen LogP contribution < -0.4 is 16.4 Å². The van der Waals surface area contributed by atoms with Crippen molar-refractivity contribution in [3.8, 4) is 0 Å². The lowest BCUT2D eigenvalue weighted by molar-refractivity contribution is 0.686. The van der Waals surface area contributed by atoms with Crippen LogP contribution in [0.15, 0.2) is 36.4 Å². The summed E-state index contributed by atoms with van der Waals surface area (Å²) >= 11 is 0. The first-order valence-corrected chi connectivity index (χ1v) is 12.7. The van der Waals surface area contributed by atoms with Crippen molar-refractivity contribution in [2.75, 3.05) is 0 Å². The molecule has 0 N–H and O–H groups in total. The summed E-state index contributed by atoms with van der Waals surface area (Å²) in [5.74, 6) is 0. The van der Waals surface area contributed by atoms with Gasteiger partial charge in [-0.15, -0.1) is 0 Å². The van der Waals surface area contributed by atoms with Crippen molar-refractivity contribution >= 4 is 35.3 Å². The molecule has 2 aliphatic carbocycles. The van der Waals surface area contributed by atoms with Crippen molar-refractivity contribution in [2.24, 2.45) is 0 Å². The van der Waals surface area contributed by atoms with E-state index in [0.29, 0.717) is 6.71 Å². The lowest BCUT2D eigenvalue weighted by Crippen LogP contribution is -2.55. The van der Waals surface area contributed by atoms with Gasteiger partial charge in [0.2, 0.25) is 6.71 Å². The van der Waals surface area contributed by atoms with Gasteiger partial charge in [0, 0.05) is 0 Å². The molecule has 0 fully saturated rings. The Kier molecular flexibility index (Phi) is 4.90. The lowest BCUT2D eigenvalue weighted by atomic mass is 9.34. The van der Waals surface area contributed by atoms with Gasteiger partial charge in [-0.3, -0.25) is 0 Å². The molecule has 0 saturated heterocycles. The van der Waals surface area contributed by atoms with Crippen LogP contribution in [-0.4, -0.2) is 6.71 Å². The average molecular weight is 416 g/mol. The standard InChI is InChI=1S/C31H33B/c1-20-14-21(2)31(22(3)15-20)32-29-18-25-10-6-4-8-23(25)16-27(29)12-13-28-17-24-9-5-7-11-26(24)19-30(28)32/h12-19H,4-11H2,1-3H3. The molecule has 160 valence electrons. The average Bonchev–Trinajstić information content (AvgIpc) is 2.92. The molecule has 0 aromatic heterocycles. The van der Waals surface area contributed by atoms with Crippen molar-refractivity contribution < 1.29 is 0 Å². The SMILES string of the molecule is Cc1cc(C)c(B2c3cc4c(cc3C=Cc3cc5c(cc32)CCCC5)CCCC4)c(C)c1.